The number of alkyl halides is 1. The summed E-state index contributed by atoms with van der Waals surface area (Å²) in [5.74, 6) is 5.40. The van der Waals surface area contributed by atoms with Crippen LogP contribution in [0.3, 0.4) is 0 Å². The molecule has 0 radical (unpaired) electrons. The summed E-state index contributed by atoms with van der Waals surface area (Å²) in [5.41, 5.74) is 0.317. The summed E-state index contributed by atoms with van der Waals surface area (Å²) in [6, 6.07) is 4.47. The largest absolute Gasteiger partial charge is 0.335 e. The molecule has 0 atom stereocenters. The van der Waals surface area contributed by atoms with Crippen LogP contribution < -0.4 is 5.56 Å². The third-order valence-electron chi connectivity index (χ3n) is 5.79. The Labute approximate surface area is 217 Å². The number of fused-ring (bicyclic) bond motifs is 1. The molecule has 0 spiro atoms. The van der Waals surface area contributed by atoms with Crippen molar-refractivity contribution in [2.45, 2.75) is 32.6 Å². The number of aromatic nitrogens is 4. The molecule has 11 heteroatoms. The molecule has 1 aliphatic heterocycles. The van der Waals surface area contributed by atoms with Crippen LogP contribution in [0.1, 0.15) is 17.4 Å². The van der Waals surface area contributed by atoms with E-state index in [1.54, 1.807) is 23.0 Å². The lowest BCUT2D eigenvalue weighted by atomic mass is 9.99. The summed E-state index contributed by atoms with van der Waals surface area (Å²) >= 11 is 4.46. The van der Waals surface area contributed by atoms with Crippen LogP contribution in [0.5, 0.6) is 0 Å². The van der Waals surface area contributed by atoms with Crippen molar-refractivity contribution < 1.29 is 13.6 Å². The minimum atomic E-state index is -1.40. The Balaban J connectivity index is 1.57. The van der Waals surface area contributed by atoms with Gasteiger partial charge in [-0.2, -0.15) is 5.10 Å². The minimum Gasteiger partial charge on any atom is -0.335 e. The van der Waals surface area contributed by atoms with Gasteiger partial charge in [0.15, 0.2) is 0 Å². The zero-order valence-corrected chi connectivity index (χ0v) is 21.8. The van der Waals surface area contributed by atoms with Gasteiger partial charge in [-0.1, -0.05) is 17.9 Å². The minimum absolute atomic E-state index is 0.000914. The van der Waals surface area contributed by atoms with E-state index < -0.39 is 17.0 Å². The molecule has 0 N–H and O–H groups in total. The maximum atomic E-state index is 14.0. The van der Waals surface area contributed by atoms with Crippen molar-refractivity contribution in [3.05, 3.63) is 68.0 Å². The Morgan fingerprint density at radius 1 is 1.33 bits per heavy atom. The molecule has 4 aromatic rings. The molecule has 184 valence electrons. The second-order valence-electron chi connectivity index (χ2n) is 8.97. The number of thiophene rings is 1. The van der Waals surface area contributed by atoms with Crippen molar-refractivity contribution in [3.8, 4) is 23.0 Å². The van der Waals surface area contributed by atoms with Gasteiger partial charge in [-0.15, -0.1) is 11.3 Å². The summed E-state index contributed by atoms with van der Waals surface area (Å²) in [7, 11) is 0. The van der Waals surface area contributed by atoms with Gasteiger partial charge in [0.1, 0.15) is 29.4 Å². The molecule has 1 aromatic carbocycles. The van der Waals surface area contributed by atoms with Gasteiger partial charge in [0, 0.05) is 11.8 Å². The summed E-state index contributed by atoms with van der Waals surface area (Å²) in [4.78, 5) is 32.9. The summed E-state index contributed by atoms with van der Waals surface area (Å²) < 4.78 is 31.0. The number of hydrogen-bond donors (Lipinski definition) is 0. The first-order valence-corrected chi connectivity index (χ1v) is 12.6. The number of halogens is 3. The highest BCUT2D eigenvalue weighted by Gasteiger charge is 2.41. The van der Waals surface area contributed by atoms with Gasteiger partial charge in [0.05, 0.1) is 40.3 Å². The van der Waals surface area contributed by atoms with E-state index in [4.69, 9.17) is 0 Å². The molecule has 3 aromatic heterocycles. The third-order valence-corrected chi connectivity index (χ3v) is 7.41. The Morgan fingerprint density at radius 2 is 2.11 bits per heavy atom. The van der Waals surface area contributed by atoms with E-state index in [2.05, 4.69) is 37.9 Å². The van der Waals surface area contributed by atoms with Crippen molar-refractivity contribution in [2.24, 2.45) is 0 Å². The van der Waals surface area contributed by atoms with Gasteiger partial charge in [0.25, 0.3) is 5.56 Å². The maximum Gasteiger partial charge on any atom is 0.263 e. The van der Waals surface area contributed by atoms with Crippen molar-refractivity contribution in [1.82, 2.24) is 24.2 Å². The Kier molecular flexibility index (Phi) is 6.26. The molecule has 4 heterocycles. The number of carbonyl (C=O) groups excluding carboxylic acids is 1. The molecule has 1 amide bonds. The number of nitrogens with zero attached hydrogens (tertiary/aromatic N) is 5. The van der Waals surface area contributed by atoms with Crippen LogP contribution in [0, 0.1) is 24.6 Å². The zero-order valence-electron chi connectivity index (χ0n) is 19.4. The van der Waals surface area contributed by atoms with Crippen LogP contribution in [0.25, 0.3) is 21.3 Å². The molecule has 0 aliphatic carbocycles. The van der Waals surface area contributed by atoms with Crippen molar-refractivity contribution in [3.63, 3.8) is 0 Å². The topological polar surface area (TPSA) is 73.0 Å². The molecular weight excluding hydrogens is 552 g/mol. The van der Waals surface area contributed by atoms with Crippen LogP contribution in [-0.2, 0) is 17.9 Å². The van der Waals surface area contributed by atoms with Crippen molar-refractivity contribution in [2.75, 3.05) is 13.1 Å². The monoisotopic (exact) mass is 571 g/mol. The summed E-state index contributed by atoms with van der Waals surface area (Å²) in [6.07, 6.45) is 4.94. The van der Waals surface area contributed by atoms with Crippen molar-refractivity contribution >= 4 is 43.4 Å². The molecule has 7 nitrogen and oxygen atoms in total. The summed E-state index contributed by atoms with van der Waals surface area (Å²) in [6.45, 7) is 3.47. The number of likely N-dealkylation sites (tertiary alicyclic amines) is 1. The first-order chi connectivity index (χ1) is 17.1. The van der Waals surface area contributed by atoms with E-state index in [0.717, 1.165) is 5.56 Å². The van der Waals surface area contributed by atoms with Crippen LogP contribution in [0.4, 0.5) is 8.78 Å². The number of aryl methyl sites for hydroxylation is 1. The number of rotatable bonds is 4. The fraction of sp³-hybridized carbons (Fsp3) is 0.280. The molecule has 1 fully saturated rings. The Bertz CT molecular complexity index is 1620. The molecule has 1 saturated heterocycles. The predicted octanol–water partition coefficient (Wildman–Crippen LogP) is 4.15. The Hall–Kier alpha value is -3.36. The van der Waals surface area contributed by atoms with Crippen LogP contribution in [-0.4, -0.2) is 48.9 Å². The zero-order chi connectivity index (χ0) is 25.6. The highest BCUT2D eigenvalue weighted by molar-refractivity contribution is 9.10. The quantitative estimate of drug-likeness (QED) is 0.345. The smallest absolute Gasteiger partial charge is 0.263 e. The van der Waals surface area contributed by atoms with Crippen LogP contribution >= 0.6 is 27.3 Å². The fourth-order valence-electron chi connectivity index (χ4n) is 4.08. The van der Waals surface area contributed by atoms with Gasteiger partial charge in [0.2, 0.25) is 5.91 Å². The van der Waals surface area contributed by atoms with E-state index in [1.165, 1.54) is 40.1 Å². The second-order valence-corrected chi connectivity index (χ2v) is 10.8. The first kappa shape index (κ1) is 24.3. The average Bonchev–Trinajstić information content (AvgIpc) is 3.39. The van der Waals surface area contributed by atoms with Gasteiger partial charge in [-0.3, -0.25) is 18.8 Å². The van der Waals surface area contributed by atoms with Gasteiger partial charge >= 0.3 is 0 Å². The lowest BCUT2D eigenvalue weighted by Crippen LogP contribution is -2.60. The number of carbonyl (C=O) groups is 1. The third kappa shape index (κ3) is 4.70. The van der Waals surface area contributed by atoms with E-state index >= 15 is 0 Å². The standard InChI is InChI=1S/C25H20BrF2N5O2S/c1-15-9-30-33(10-15)7-3-4-19-21(16-5-6-18(27)17(26)8-16)22-23(36-19)29-14-31(24(22)35)11-20(34)32-12-25(2,28)13-32/h5-6,8-10,14H,7,11-13H2,1-2H3. The Morgan fingerprint density at radius 3 is 2.78 bits per heavy atom. The average molecular weight is 572 g/mol. The van der Waals surface area contributed by atoms with E-state index in [0.29, 0.717) is 32.8 Å². The van der Waals surface area contributed by atoms with Crippen LogP contribution in [0.15, 0.2) is 46.2 Å². The number of amides is 1. The van der Waals surface area contributed by atoms with E-state index in [1.807, 2.05) is 13.1 Å². The lowest BCUT2D eigenvalue weighted by Gasteiger charge is -2.42. The molecule has 36 heavy (non-hydrogen) atoms. The molecule has 5 rings (SSSR count). The second kappa shape index (κ2) is 9.26. The van der Waals surface area contributed by atoms with Gasteiger partial charge < -0.3 is 4.90 Å². The van der Waals surface area contributed by atoms with Crippen molar-refractivity contribution in [1.29, 1.82) is 0 Å². The molecule has 0 saturated carbocycles. The van der Waals surface area contributed by atoms with E-state index in [9.17, 15) is 18.4 Å². The predicted molar refractivity (Wildman–Crippen MR) is 137 cm³/mol. The van der Waals surface area contributed by atoms with Crippen LogP contribution in [0.2, 0.25) is 0 Å². The highest BCUT2D eigenvalue weighted by atomic mass is 79.9. The highest BCUT2D eigenvalue weighted by Crippen LogP contribution is 2.37. The van der Waals surface area contributed by atoms with E-state index in [-0.39, 0.29) is 30.0 Å². The summed E-state index contributed by atoms with van der Waals surface area (Å²) in [5, 5.41) is 4.52. The van der Waals surface area contributed by atoms with Gasteiger partial charge in [-0.05, 0) is 53.0 Å². The fourth-order valence-corrected chi connectivity index (χ4v) is 5.49. The molecular formula is C25H20BrF2N5O2S. The normalized spacial score (nSPS) is 14.4. The number of benzene rings is 1. The number of hydrogen-bond acceptors (Lipinski definition) is 5. The molecule has 1 aliphatic rings. The maximum absolute atomic E-state index is 14.0. The van der Waals surface area contributed by atoms with Gasteiger partial charge in [-0.25, -0.2) is 13.8 Å². The first-order valence-electron chi connectivity index (χ1n) is 11.0. The lowest BCUT2D eigenvalue weighted by molar-refractivity contribution is -0.144. The molecule has 0 bridgehead atoms. The SMILES string of the molecule is Cc1cnn(CC#Cc2sc3ncn(CC(=O)N4CC(C)(F)C4)c(=O)c3c2-c2ccc(F)c(Br)c2)c1. The molecule has 0 unspecified atom stereocenters.